The number of nitrogens with one attached hydrogen (secondary N) is 2. The van der Waals surface area contributed by atoms with Gasteiger partial charge in [-0.15, -0.1) is 0 Å². The number of urea groups is 1. The molecule has 1 unspecified atom stereocenters. The van der Waals surface area contributed by atoms with E-state index in [1.54, 1.807) is 17.0 Å². The highest BCUT2D eigenvalue weighted by atomic mass is 79.9. The van der Waals surface area contributed by atoms with Crippen molar-refractivity contribution >= 4 is 39.2 Å². The van der Waals surface area contributed by atoms with Gasteiger partial charge < -0.3 is 20.6 Å². The molecule has 1 saturated heterocycles. The van der Waals surface area contributed by atoms with Crippen LogP contribution in [0.1, 0.15) is 58.9 Å². The fourth-order valence-electron chi connectivity index (χ4n) is 4.65. The summed E-state index contributed by atoms with van der Waals surface area (Å²) in [4.78, 5) is 27.0. The summed E-state index contributed by atoms with van der Waals surface area (Å²) < 4.78 is 0.967. The van der Waals surface area contributed by atoms with E-state index < -0.39 is 5.60 Å². The van der Waals surface area contributed by atoms with Crippen molar-refractivity contribution in [2.24, 2.45) is 11.3 Å². The molecule has 34 heavy (non-hydrogen) atoms. The van der Waals surface area contributed by atoms with Crippen LogP contribution in [0.15, 0.2) is 53.0 Å². The maximum absolute atomic E-state index is 12.8. The van der Waals surface area contributed by atoms with E-state index in [1.165, 1.54) is 0 Å². The summed E-state index contributed by atoms with van der Waals surface area (Å²) in [6.45, 7) is 9.55. The maximum Gasteiger partial charge on any atom is 0.321 e. The van der Waals surface area contributed by atoms with E-state index in [4.69, 9.17) is 0 Å². The second kappa shape index (κ2) is 10.9. The lowest BCUT2D eigenvalue weighted by Crippen LogP contribution is -2.46. The quantitative estimate of drug-likeness (QED) is 0.406. The number of piperidine rings is 1. The number of hydrogen-bond acceptors (Lipinski definition) is 3. The molecule has 2 aromatic rings. The van der Waals surface area contributed by atoms with Crippen molar-refractivity contribution in [3.05, 3.63) is 58.6 Å². The third-order valence-corrected chi connectivity index (χ3v) is 6.68. The molecule has 7 heteroatoms. The minimum atomic E-state index is -0.925. The number of carbonyl (C=O) groups is 2. The molecule has 1 heterocycles. The molecule has 184 valence electrons. The van der Waals surface area contributed by atoms with Crippen LogP contribution < -0.4 is 10.6 Å². The van der Waals surface area contributed by atoms with Crippen molar-refractivity contribution < 1.29 is 14.7 Å². The molecule has 1 aliphatic rings. The van der Waals surface area contributed by atoms with Gasteiger partial charge in [0.05, 0.1) is 5.60 Å². The lowest BCUT2D eigenvalue weighted by atomic mass is 9.84. The number of nitrogens with zero attached hydrogens (tertiary/aromatic N) is 1. The third-order valence-electron chi connectivity index (χ3n) is 6.15. The molecule has 6 nitrogen and oxygen atoms in total. The van der Waals surface area contributed by atoms with E-state index in [0.29, 0.717) is 43.7 Å². The van der Waals surface area contributed by atoms with Gasteiger partial charge >= 0.3 is 6.03 Å². The monoisotopic (exact) mass is 529 g/mol. The predicted octanol–water partition coefficient (Wildman–Crippen LogP) is 6.37. The Morgan fingerprint density at radius 1 is 1.06 bits per heavy atom. The lowest BCUT2D eigenvalue weighted by molar-refractivity contribution is -0.117. The SMILES string of the molecule is CC(CC(=O)Nc1cccc(NC(=O)N2CCC(O)(c3ccc(Br)cc3)CC2)c1)CC(C)(C)C. The molecule has 1 fully saturated rings. The van der Waals surface area contributed by atoms with Crippen molar-refractivity contribution in [3.63, 3.8) is 0 Å². The van der Waals surface area contributed by atoms with E-state index in [1.807, 2.05) is 36.4 Å². The maximum atomic E-state index is 12.8. The van der Waals surface area contributed by atoms with Gasteiger partial charge in [0.25, 0.3) is 0 Å². The van der Waals surface area contributed by atoms with E-state index in [9.17, 15) is 14.7 Å². The molecule has 3 N–H and O–H groups in total. The van der Waals surface area contributed by atoms with Crippen LogP contribution in [0.4, 0.5) is 16.2 Å². The highest BCUT2D eigenvalue weighted by Gasteiger charge is 2.35. The molecule has 3 amide bonds. The smallest absolute Gasteiger partial charge is 0.321 e. The van der Waals surface area contributed by atoms with Gasteiger partial charge in [-0.3, -0.25) is 4.79 Å². The normalized spacial score (nSPS) is 16.6. The molecule has 0 aliphatic carbocycles. The zero-order valence-corrected chi connectivity index (χ0v) is 22.1. The second-order valence-corrected chi connectivity index (χ2v) is 11.6. The van der Waals surface area contributed by atoms with Gasteiger partial charge in [-0.25, -0.2) is 4.79 Å². The zero-order chi connectivity index (χ0) is 24.9. The van der Waals surface area contributed by atoms with Gasteiger partial charge in [-0.05, 0) is 66.5 Å². The molecular weight excluding hydrogens is 494 g/mol. The van der Waals surface area contributed by atoms with Crippen molar-refractivity contribution in [2.75, 3.05) is 23.7 Å². The molecule has 1 aliphatic heterocycles. The Labute approximate surface area is 211 Å². The highest BCUT2D eigenvalue weighted by molar-refractivity contribution is 9.10. The average molecular weight is 531 g/mol. The van der Waals surface area contributed by atoms with Crippen molar-refractivity contribution in [2.45, 2.75) is 59.0 Å². The van der Waals surface area contributed by atoms with Crippen LogP contribution in [0.5, 0.6) is 0 Å². The van der Waals surface area contributed by atoms with Crippen LogP contribution in [0.25, 0.3) is 0 Å². The fraction of sp³-hybridized carbons (Fsp3) is 0.481. The molecule has 0 spiro atoms. The zero-order valence-electron chi connectivity index (χ0n) is 20.5. The van der Waals surface area contributed by atoms with Gasteiger partial charge in [0.2, 0.25) is 5.91 Å². The third kappa shape index (κ3) is 7.57. The molecule has 0 bridgehead atoms. The topological polar surface area (TPSA) is 81.7 Å². The Kier molecular flexibility index (Phi) is 8.42. The van der Waals surface area contributed by atoms with E-state index in [2.05, 4.69) is 54.3 Å². The van der Waals surface area contributed by atoms with Gasteiger partial charge in [0.15, 0.2) is 0 Å². The predicted molar refractivity (Wildman–Crippen MR) is 141 cm³/mol. The van der Waals surface area contributed by atoms with Crippen LogP contribution in [0.3, 0.4) is 0 Å². The largest absolute Gasteiger partial charge is 0.385 e. The minimum absolute atomic E-state index is 0.0246. The summed E-state index contributed by atoms with van der Waals surface area (Å²) in [5.41, 5.74) is 1.42. The number of hydrogen-bond donors (Lipinski definition) is 3. The number of benzene rings is 2. The number of aliphatic hydroxyl groups is 1. The van der Waals surface area contributed by atoms with E-state index in [0.717, 1.165) is 16.5 Å². The number of halogens is 1. The number of amides is 3. The molecule has 2 aromatic carbocycles. The van der Waals surface area contributed by atoms with Gasteiger partial charge in [-0.2, -0.15) is 0 Å². The first kappa shape index (κ1) is 26.2. The number of rotatable bonds is 6. The Bertz CT molecular complexity index is 993. The molecule has 0 radical (unpaired) electrons. The first-order chi connectivity index (χ1) is 15.9. The summed E-state index contributed by atoms with van der Waals surface area (Å²) in [7, 11) is 0. The lowest BCUT2D eigenvalue weighted by Gasteiger charge is -2.38. The summed E-state index contributed by atoms with van der Waals surface area (Å²) in [5.74, 6) is 0.265. The first-order valence-electron chi connectivity index (χ1n) is 11.9. The highest BCUT2D eigenvalue weighted by Crippen LogP contribution is 2.33. The Balaban J connectivity index is 1.52. The summed E-state index contributed by atoms with van der Waals surface area (Å²) in [5, 5.41) is 16.9. The summed E-state index contributed by atoms with van der Waals surface area (Å²) >= 11 is 3.42. The van der Waals surface area contributed by atoms with Crippen LogP contribution in [-0.4, -0.2) is 35.0 Å². The molecule has 1 atom stereocenters. The van der Waals surface area contributed by atoms with Crippen LogP contribution in [0, 0.1) is 11.3 Å². The van der Waals surface area contributed by atoms with Gasteiger partial charge in [-0.1, -0.05) is 61.8 Å². The fourth-order valence-corrected chi connectivity index (χ4v) is 4.92. The Hall–Kier alpha value is -2.38. The Morgan fingerprint density at radius 2 is 1.65 bits per heavy atom. The van der Waals surface area contributed by atoms with Crippen LogP contribution in [0.2, 0.25) is 0 Å². The van der Waals surface area contributed by atoms with Crippen LogP contribution >= 0.6 is 15.9 Å². The number of likely N-dealkylation sites (tertiary alicyclic amines) is 1. The van der Waals surface area contributed by atoms with Gasteiger partial charge in [0, 0.05) is 35.4 Å². The van der Waals surface area contributed by atoms with E-state index >= 15 is 0 Å². The molecule has 3 rings (SSSR count). The van der Waals surface area contributed by atoms with Crippen molar-refractivity contribution in [1.82, 2.24) is 4.90 Å². The minimum Gasteiger partial charge on any atom is -0.385 e. The summed E-state index contributed by atoms with van der Waals surface area (Å²) in [6, 6.07) is 14.7. The average Bonchev–Trinajstić information content (AvgIpc) is 2.73. The molecule has 0 aromatic heterocycles. The number of carbonyl (C=O) groups excluding carboxylic acids is 2. The standard InChI is InChI=1S/C27H36BrN3O3/c1-19(18-26(2,3)4)16-24(32)29-22-6-5-7-23(17-22)30-25(33)31-14-12-27(34,13-15-31)20-8-10-21(28)11-9-20/h5-11,17,19,34H,12-16,18H2,1-4H3,(H,29,32)(H,30,33). The number of anilines is 2. The van der Waals surface area contributed by atoms with Crippen molar-refractivity contribution in [1.29, 1.82) is 0 Å². The first-order valence-corrected chi connectivity index (χ1v) is 12.7. The molecular formula is C27H36BrN3O3. The van der Waals surface area contributed by atoms with Gasteiger partial charge in [0.1, 0.15) is 0 Å². The second-order valence-electron chi connectivity index (χ2n) is 10.7. The van der Waals surface area contributed by atoms with Crippen LogP contribution in [-0.2, 0) is 10.4 Å². The molecule has 0 saturated carbocycles. The Morgan fingerprint density at radius 3 is 2.24 bits per heavy atom. The summed E-state index contributed by atoms with van der Waals surface area (Å²) in [6.07, 6.45) is 2.39. The van der Waals surface area contributed by atoms with Crippen molar-refractivity contribution in [3.8, 4) is 0 Å². The van der Waals surface area contributed by atoms with E-state index in [-0.39, 0.29) is 23.3 Å².